The highest BCUT2D eigenvalue weighted by molar-refractivity contribution is 6.31. The summed E-state index contributed by atoms with van der Waals surface area (Å²) in [5.41, 5.74) is 6.97. The van der Waals surface area contributed by atoms with E-state index in [2.05, 4.69) is 11.8 Å². The van der Waals surface area contributed by atoms with E-state index in [9.17, 15) is 0 Å². The second-order valence-electron chi connectivity index (χ2n) is 4.77. The van der Waals surface area contributed by atoms with Gasteiger partial charge in [-0.05, 0) is 19.1 Å². The first kappa shape index (κ1) is 14.6. The van der Waals surface area contributed by atoms with Crippen LogP contribution in [0.5, 0.6) is 5.75 Å². The van der Waals surface area contributed by atoms with Gasteiger partial charge >= 0.3 is 0 Å². The van der Waals surface area contributed by atoms with Crippen molar-refractivity contribution in [3.8, 4) is 5.75 Å². The first-order valence-corrected chi connectivity index (χ1v) is 6.92. The molecule has 19 heavy (non-hydrogen) atoms. The Bertz CT molecular complexity index is 428. The van der Waals surface area contributed by atoms with Crippen molar-refractivity contribution >= 4 is 11.6 Å². The summed E-state index contributed by atoms with van der Waals surface area (Å²) in [6.07, 6.45) is 0. The molecule has 4 nitrogen and oxygen atoms in total. The maximum atomic E-state index is 6.36. The van der Waals surface area contributed by atoms with Crippen LogP contribution in [0.4, 0.5) is 0 Å². The number of nitrogens with zero attached hydrogens (tertiary/aromatic N) is 1. The van der Waals surface area contributed by atoms with Crippen molar-refractivity contribution < 1.29 is 9.47 Å². The topological polar surface area (TPSA) is 47.7 Å². The minimum Gasteiger partial charge on any atom is -0.496 e. The van der Waals surface area contributed by atoms with Gasteiger partial charge in [0, 0.05) is 29.7 Å². The zero-order valence-corrected chi connectivity index (χ0v) is 12.2. The SMILES string of the molecule is COc1cccc(Cl)c1C(CN)N1CCOCC1C. The van der Waals surface area contributed by atoms with Crippen molar-refractivity contribution in [1.82, 2.24) is 4.90 Å². The van der Waals surface area contributed by atoms with E-state index < -0.39 is 0 Å². The summed E-state index contributed by atoms with van der Waals surface area (Å²) in [7, 11) is 1.66. The number of nitrogens with two attached hydrogens (primary N) is 1. The summed E-state index contributed by atoms with van der Waals surface area (Å²) in [6.45, 7) is 4.96. The third-order valence-corrected chi connectivity index (χ3v) is 3.94. The molecule has 1 fully saturated rings. The molecule has 0 amide bonds. The number of methoxy groups -OCH3 is 1. The van der Waals surface area contributed by atoms with Gasteiger partial charge in [0.05, 0.1) is 26.4 Å². The lowest BCUT2D eigenvalue weighted by molar-refractivity contribution is -0.0213. The Morgan fingerprint density at radius 3 is 3.00 bits per heavy atom. The molecule has 0 bridgehead atoms. The smallest absolute Gasteiger partial charge is 0.125 e. The highest BCUT2D eigenvalue weighted by atomic mass is 35.5. The van der Waals surface area contributed by atoms with Gasteiger partial charge in [0.1, 0.15) is 5.75 Å². The number of hydrogen-bond donors (Lipinski definition) is 1. The number of ether oxygens (including phenoxy) is 2. The first-order chi connectivity index (χ1) is 9.19. The molecule has 1 heterocycles. The van der Waals surface area contributed by atoms with Crippen LogP contribution in [0.25, 0.3) is 0 Å². The quantitative estimate of drug-likeness (QED) is 0.919. The third-order valence-electron chi connectivity index (χ3n) is 3.61. The molecule has 1 aromatic carbocycles. The molecular formula is C14H21ClN2O2. The lowest BCUT2D eigenvalue weighted by Gasteiger charge is -2.39. The molecule has 1 aromatic rings. The Labute approximate surface area is 119 Å². The van der Waals surface area contributed by atoms with Crippen molar-refractivity contribution in [2.24, 2.45) is 5.73 Å². The molecule has 5 heteroatoms. The van der Waals surface area contributed by atoms with E-state index in [0.717, 1.165) is 31.1 Å². The molecular weight excluding hydrogens is 264 g/mol. The second-order valence-corrected chi connectivity index (χ2v) is 5.18. The van der Waals surface area contributed by atoms with Crippen LogP contribution in [0, 0.1) is 0 Å². The fraction of sp³-hybridized carbons (Fsp3) is 0.571. The van der Waals surface area contributed by atoms with Crippen LogP contribution in [-0.4, -0.2) is 44.4 Å². The van der Waals surface area contributed by atoms with Gasteiger partial charge in [-0.2, -0.15) is 0 Å². The molecule has 2 atom stereocenters. The summed E-state index contributed by atoms with van der Waals surface area (Å²) >= 11 is 6.36. The van der Waals surface area contributed by atoms with E-state index in [1.807, 2.05) is 18.2 Å². The van der Waals surface area contributed by atoms with Crippen LogP contribution in [0.3, 0.4) is 0 Å². The lowest BCUT2D eigenvalue weighted by Crippen LogP contribution is -2.47. The maximum absolute atomic E-state index is 6.36. The van der Waals surface area contributed by atoms with Crippen molar-refractivity contribution in [2.45, 2.75) is 19.0 Å². The fourth-order valence-electron chi connectivity index (χ4n) is 2.64. The van der Waals surface area contributed by atoms with Crippen LogP contribution in [-0.2, 0) is 4.74 Å². The van der Waals surface area contributed by atoms with Crippen molar-refractivity contribution in [1.29, 1.82) is 0 Å². The summed E-state index contributed by atoms with van der Waals surface area (Å²) in [6, 6.07) is 6.08. The van der Waals surface area contributed by atoms with Gasteiger partial charge in [-0.3, -0.25) is 4.90 Å². The lowest BCUT2D eigenvalue weighted by atomic mass is 10.0. The zero-order valence-electron chi connectivity index (χ0n) is 11.4. The van der Waals surface area contributed by atoms with Crippen LogP contribution in [0.1, 0.15) is 18.5 Å². The Morgan fingerprint density at radius 1 is 1.58 bits per heavy atom. The molecule has 0 spiro atoms. The van der Waals surface area contributed by atoms with Gasteiger partial charge < -0.3 is 15.2 Å². The van der Waals surface area contributed by atoms with Crippen molar-refractivity contribution in [3.63, 3.8) is 0 Å². The van der Waals surface area contributed by atoms with Crippen molar-refractivity contribution in [2.75, 3.05) is 33.4 Å². The average Bonchev–Trinajstić information content (AvgIpc) is 2.43. The Morgan fingerprint density at radius 2 is 2.37 bits per heavy atom. The summed E-state index contributed by atoms with van der Waals surface area (Å²) in [5, 5.41) is 0.702. The highest BCUT2D eigenvalue weighted by Gasteiger charge is 2.30. The summed E-state index contributed by atoms with van der Waals surface area (Å²) < 4.78 is 10.9. The third kappa shape index (κ3) is 3.03. The highest BCUT2D eigenvalue weighted by Crippen LogP contribution is 2.36. The number of benzene rings is 1. The van der Waals surface area contributed by atoms with Gasteiger partial charge in [0.25, 0.3) is 0 Å². The fourth-order valence-corrected chi connectivity index (χ4v) is 2.93. The van der Waals surface area contributed by atoms with Gasteiger partial charge in [-0.1, -0.05) is 17.7 Å². The maximum Gasteiger partial charge on any atom is 0.125 e. The monoisotopic (exact) mass is 284 g/mol. The first-order valence-electron chi connectivity index (χ1n) is 6.55. The van der Waals surface area contributed by atoms with Crippen molar-refractivity contribution in [3.05, 3.63) is 28.8 Å². The normalized spacial score (nSPS) is 22.2. The predicted octanol–water partition coefficient (Wildman–Crippen LogP) is 2.07. The summed E-state index contributed by atoms with van der Waals surface area (Å²) in [4.78, 5) is 2.34. The molecule has 0 radical (unpaired) electrons. The molecule has 2 unspecified atom stereocenters. The minimum absolute atomic E-state index is 0.0579. The minimum atomic E-state index is 0.0579. The molecule has 0 aliphatic carbocycles. The Kier molecular flexibility index (Phi) is 5.05. The number of hydrogen-bond acceptors (Lipinski definition) is 4. The molecule has 1 saturated heterocycles. The molecule has 0 aromatic heterocycles. The summed E-state index contributed by atoms with van der Waals surface area (Å²) in [5.74, 6) is 0.793. The standard InChI is InChI=1S/C14H21ClN2O2/c1-10-9-19-7-6-17(10)12(8-16)14-11(15)4-3-5-13(14)18-2/h3-5,10,12H,6-9,16H2,1-2H3. The number of rotatable bonds is 4. The van der Waals surface area contributed by atoms with Crippen LogP contribution < -0.4 is 10.5 Å². The van der Waals surface area contributed by atoms with E-state index in [4.69, 9.17) is 26.8 Å². The molecule has 106 valence electrons. The molecule has 1 aliphatic heterocycles. The van der Waals surface area contributed by atoms with Crippen LogP contribution >= 0.6 is 11.6 Å². The number of halogens is 1. The van der Waals surface area contributed by atoms with Gasteiger partial charge in [-0.15, -0.1) is 0 Å². The largest absolute Gasteiger partial charge is 0.496 e. The zero-order chi connectivity index (χ0) is 13.8. The van der Waals surface area contributed by atoms with Gasteiger partial charge in [0.2, 0.25) is 0 Å². The Hall–Kier alpha value is -0.810. The Balaban J connectivity index is 2.36. The van der Waals surface area contributed by atoms with E-state index in [-0.39, 0.29) is 6.04 Å². The van der Waals surface area contributed by atoms with E-state index in [0.29, 0.717) is 17.6 Å². The van der Waals surface area contributed by atoms with Crippen LogP contribution in [0.15, 0.2) is 18.2 Å². The second kappa shape index (κ2) is 6.57. The predicted molar refractivity (Wildman–Crippen MR) is 76.8 cm³/mol. The average molecular weight is 285 g/mol. The molecule has 2 N–H and O–H groups in total. The van der Waals surface area contributed by atoms with E-state index in [1.165, 1.54) is 0 Å². The molecule has 1 aliphatic rings. The van der Waals surface area contributed by atoms with Gasteiger partial charge in [-0.25, -0.2) is 0 Å². The number of morpholine rings is 1. The molecule has 2 rings (SSSR count). The van der Waals surface area contributed by atoms with E-state index in [1.54, 1.807) is 7.11 Å². The van der Waals surface area contributed by atoms with Crippen LogP contribution in [0.2, 0.25) is 5.02 Å². The van der Waals surface area contributed by atoms with E-state index >= 15 is 0 Å². The van der Waals surface area contributed by atoms with Gasteiger partial charge in [0.15, 0.2) is 0 Å². The molecule has 0 saturated carbocycles.